The van der Waals surface area contributed by atoms with Crippen molar-refractivity contribution in [3.8, 4) is 12.3 Å². The van der Waals surface area contributed by atoms with Gasteiger partial charge in [-0.1, -0.05) is 0 Å². The molecule has 0 saturated carbocycles. The van der Waals surface area contributed by atoms with E-state index in [4.69, 9.17) is 6.42 Å². The van der Waals surface area contributed by atoms with Gasteiger partial charge in [-0.25, -0.2) is 8.78 Å². The molecule has 0 aliphatic heterocycles. The maximum absolute atomic E-state index is 13.2. The SMILES string of the molecule is C#CCCNc1c(F)cc(F)cc1Br. The van der Waals surface area contributed by atoms with Crippen molar-refractivity contribution in [3.63, 3.8) is 0 Å². The van der Waals surface area contributed by atoms with Gasteiger partial charge < -0.3 is 5.32 Å². The summed E-state index contributed by atoms with van der Waals surface area (Å²) in [5.41, 5.74) is 0.238. The number of benzene rings is 1. The molecule has 0 unspecified atom stereocenters. The predicted molar refractivity (Wildman–Crippen MR) is 56.0 cm³/mol. The average Bonchev–Trinajstić information content (AvgIpc) is 2.09. The number of halogens is 3. The van der Waals surface area contributed by atoms with Crippen LogP contribution in [-0.2, 0) is 0 Å². The van der Waals surface area contributed by atoms with Crippen LogP contribution in [0.5, 0.6) is 0 Å². The number of rotatable bonds is 3. The Morgan fingerprint density at radius 2 is 2.14 bits per heavy atom. The van der Waals surface area contributed by atoms with Crippen LogP contribution < -0.4 is 5.32 Å². The number of hydrogen-bond acceptors (Lipinski definition) is 1. The van der Waals surface area contributed by atoms with Crippen molar-refractivity contribution in [1.29, 1.82) is 0 Å². The monoisotopic (exact) mass is 259 g/mol. The first-order valence-electron chi connectivity index (χ1n) is 3.97. The van der Waals surface area contributed by atoms with E-state index in [2.05, 4.69) is 27.2 Å². The molecule has 0 amide bonds. The van der Waals surface area contributed by atoms with E-state index in [1.54, 1.807) is 0 Å². The summed E-state index contributed by atoms with van der Waals surface area (Å²) in [4.78, 5) is 0. The lowest BCUT2D eigenvalue weighted by molar-refractivity contribution is 0.584. The fraction of sp³-hybridized carbons (Fsp3) is 0.200. The number of hydrogen-bond donors (Lipinski definition) is 1. The first kappa shape index (κ1) is 11.0. The highest BCUT2D eigenvalue weighted by Gasteiger charge is 2.08. The van der Waals surface area contributed by atoms with E-state index in [1.165, 1.54) is 6.07 Å². The van der Waals surface area contributed by atoms with Gasteiger partial charge in [0.2, 0.25) is 0 Å². The Morgan fingerprint density at radius 1 is 1.43 bits per heavy atom. The molecule has 0 heterocycles. The van der Waals surface area contributed by atoms with E-state index in [9.17, 15) is 8.78 Å². The van der Waals surface area contributed by atoms with Crippen LogP contribution in [0.25, 0.3) is 0 Å². The summed E-state index contributed by atoms with van der Waals surface area (Å²) in [5, 5.41) is 2.78. The largest absolute Gasteiger partial charge is 0.381 e. The van der Waals surface area contributed by atoms with Gasteiger partial charge in [0.25, 0.3) is 0 Å². The molecule has 0 bridgehead atoms. The van der Waals surface area contributed by atoms with Crippen LogP contribution >= 0.6 is 15.9 Å². The van der Waals surface area contributed by atoms with Gasteiger partial charge in [-0.2, -0.15) is 0 Å². The molecule has 74 valence electrons. The van der Waals surface area contributed by atoms with Crippen LogP contribution in [-0.4, -0.2) is 6.54 Å². The molecule has 1 nitrogen and oxygen atoms in total. The second-order valence-corrected chi connectivity index (χ2v) is 3.48. The number of anilines is 1. The van der Waals surface area contributed by atoms with Gasteiger partial charge in [-0.05, 0) is 22.0 Å². The highest BCUT2D eigenvalue weighted by molar-refractivity contribution is 9.10. The smallest absolute Gasteiger partial charge is 0.150 e. The zero-order chi connectivity index (χ0) is 10.6. The van der Waals surface area contributed by atoms with Crippen LogP contribution in [0.3, 0.4) is 0 Å². The fourth-order valence-electron chi connectivity index (χ4n) is 0.971. The van der Waals surface area contributed by atoms with Gasteiger partial charge in [-0.15, -0.1) is 12.3 Å². The minimum Gasteiger partial charge on any atom is -0.381 e. The zero-order valence-electron chi connectivity index (χ0n) is 7.28. The topological polar surface area (TPSA) is 12.0 Å². The van der Waals surface area contributed by atoms with E-state index < -0.39 is 11.6 Å². The summed E-state index contributed by atoms with van der Waals surface area (Å²) in [7, 11) is 0. The van der Waals surface area contributed by atoms with E-state index in [0.717, 1.165) is 6.07 Å². The second kappa shape index (κ2) is 4.97. The van der Waals surface area contributed by atoms with Crippen molar-refractivity contribution >= 4 is 21.6 Å². The van der Waals surface area contributed by atoms with Gasteiger partial charge in [0, 0.05) is 23.5 Å². The normalized spacial score (nSPS) is 9.57. The zero-order valence-corrected chi connectivity index (χ0v) is 8.87. The molecular formula is C10H8BrF2N. The van der Waals surface area contributed by atoms with Crippen molar-refractivity contribution in [2.24, 2.45) is 0 Å². The number of terminal acetylenes is 1. The Bertz CT molecular complexity index is 348. The molecule has 1 N–H and O–H groups in total. The Hall–Kier alpha value is -1.08. The predicted octanol–water partition coefficient (Wildman–Crippen LogP) is 3.16. The Morgan fingerprint density at radius 3 is 2.71 bits per heavy atom. The van der Waals surface area contributed by atoms with Gasteiger partial charge in [0.05, 0.1) is 5.69 Å². The van der Waals surface area contributed by atoms with Gasteiger partial charge >= 0.3 is 0 Å². The first-order valence-corrected chi connectivity index (χ1v) is 4.76. The third-order valence-corrected chi connectivity index (χ3v) is 2.20. The molecule has 4 heteroatoms. The van der Waals surface area contributed by atoms with Crippen molar-refractivity contribution in [2.45, 2.75) is 6.42 Å². The summed E-state index contributed by atoms with van der Waals surface area (Å²) in [6.45, 7) is 0.456. The molecule has 1 rings (SSSR count). The minimum atomic E-state index is -0.631. The summed E-state index contributed by atoms with van der Waals surface area (Å²) < 4.78 is 26.2. The van der Waals surface area contributed by atoms with Crippen molar-refractivity contribution in [2.75, 3.05) is 11.9 Å². The maximum atomic E-state index is 13.2. The summed E-state index contributed by atoms with van der Waals surface area (Å²) in [6, 6.07) is 2.02. The fourth-order valence-corrected chi connectivity index (χ4v) is 1.52. The Kier molecular flexibility index (Phi) is 3.90. The molecule has 0 atom stereocenters. The molecule has 0 aliphatic carbocycles. The van der Waals surface area contributed by atoms with Gasteiger partial charge in [0.15, 0.2) is 0 Å². The van der Waals surface area contributed by atoms with Crippen molar-refractivity contribution in [1.82, 2.24) is 0 Å². The molecule has 0 radical (unpaired) electrons. The van der Waals surface area contributed by atoms with Crippen LogP contribution in [0.4, 0.5) is 14.5 Å². The van der Waals surface area contributed by atoms with Crippen molar-refractivity contribution in [3.05, 3.63) is 28.2 Å². The molecule has 0 spiro atoms. The van der Waals surface area contributed by atoms with Crippen LogP contribution in [0.1, 0.15) is 6.42 Å². The highest BCUT2D eigenvalue weighted by atomic mass is 79.9. The second-order valence-electron chi connectivity index (χ2n) is 2.63. The van der Waals surface area contributed by atoms with E-state index in [-0.39, 0.29) is 5.69 Å². The molecular weight excluding hydrogens is 252 g/mol. The van der Waals surface area contributed by atoms with Crippen LogP contribution in [0.2, 0.25) is 0 Å². The lowest BCUT2D eigenvalue weighted by Gasteiger charge is -2.08. The van der Waals surface area contributed by atoms with Gasteiger partial charge in [0.1, 0.15) is 11.6 Å². The molecule has 0 fully saturated rings. The summed E-state index contributed by atoms with van der Waals surface area (Å²) in [5.74, 6) is 1.17. The third kappa shape index (κ3) is 2.71. The molecule has 1 aromatic carbocycles. The van der Waals surface area contributed by atoms with Crippen LogP contribution in [0, 0.1) is 24.0 Å². The highest BCUT2D eigenvalue weighted by Crippen LogP contribution is 2.26. The Balaban J connectivity index is 2.81. The van der Waals surface area contributed by atoms with Gasteiger partial charge in [-0.3, -0.25) is 0 Å². The summed E-state index contributed by atoms with van der Waals surface area (Å²) >= 11 is 3.06. The molecule has 0 aliphatic rings. The van der Waals surface area contributed by atoms with Crippen molar-refractivity contribution < 1.29 is 8.78 Å². The van der Waals surface area contributed by atoms with E-state index in [0.29, 0.717) is 17.4 Å². The maximum Gasteiger partial charge on any atom is 0.150 e. The molecule has 0 saturated heterocycles. The number of nitrogens with one attached hydrogen (secondary N) is 1. The summed E-state index contributed by atoms with van der Waals surface area (Å²) in [6.07, 6.45) is 5.53. The van der Waals surface area contributed by atoms with E-state index >= 15 is 0 Å². The lowest BCUT2D eigenvalue weighted by Crippen LogP contribution is -2.03. The molecule has 1 aromatic rings. The molecule has 14 heavy (non-hydrogen) atoms. The standard InChI is InChI=1S/C10H8BrF2N/c1-2-3-4-14-10-8(11)5-7(12)6-9(10)13/h1,5-6,14H,3-4H2. The van der Waals surface area contributed by atoms with Crippen LogP contribution in [0.15, 0.2) is 16.6 Å². The molecule has 0 aromatic heterocycles. The quantitative estimate of drug-likeness (QED) is 0.650. The minimum absolute atomic E-state index is 0.238. The Labute approximate surface area is 89.6 Å². The third-order valence-electron chi connectivity index (χ3n) is 1.58. The first-order chi connectivity index (χ1) is 6.65. The lowest BCUT2D eigenvalue weighted by atomic mass is 10.3. The average molecular weight is 260 g/mol. The van der Waals surface area contributed by atoms with E-state index in [1.807, 2.05) is 0 Å².